The molecule has 0 aromatic rings. The third-order valence-corrected chi connectivity index (χ3v) is 3.11. The summed E-state index contributed by atoms with van der Waals surface area (Å²) in [5, 5.41) is 0. The van der Waals surface area contributed by atoms with Gasteiger partial charge in [-0.3, -0.25) is 4.90 Å². The van der Waals surface area contributed by atoms with Crippen molar-refractivity contribution in [3.63, 3.8) is 0 Å². The summed E-state index contributed by atoms with van der Waals surface area (Å²) >= 11 is 0. The van der Waals surface area contributed by atoms with Crippen molar-refractivity contribution >= 4 is 0 Å². The molecule has 1 saturated heterocycles. The van der Waals surface area contributed by atoms with Gasteiger partial charge in [0.15, 0.2) is 0 Å². The minimum absolute atomic E-state index is 0.153. The lowest BCUT2D eigenvalue weighted by Gasteiger charge is -2.47. The number of hydrogen-bond acceptors (Lipinski definition) is 3. The zero-order valence-electron chi connectivity index (χ0n) is 9.38. The molecule has 0 spiro atoms. The Morgan fingerprint density at radius 1 is 1.38 bits per heavy atom. The summed E-state index contributed by atoms with van der Waals surface area (Å²) in [7, 11) is 2.18. The molecular weight excluding hydrogens is 162 g/mol. The largest absolute Gasteiger partial charge is 0.329 e. The zero-order valence-corrected chi connectivity index (χ0v) is 9.38. The quantitative estimate of drug-likeness (QED) is 0.674. The third-order valence-electron chi connectivity index (χ3n) is 3.11. The lowest BCUT2D eigenvalue weighted by atomic mass is 9.99. The van der Waals surface area contributed by atoms with Crippen molar-refractivity contribution in [1.82, 2.24) is 9.80 Å². The maximum Gasteiger partial charge on any atom is 0.0279 e. The van der Waals surface area contributed by atoms with Crippen LogP contribution in [0.3, 0.4) is 0 Å². The Balaban J connectivity index is 2.60. The van der Waals surface area contributed by atoms with Crippen LogP contribution in [0.1, 0.15) is 20.8 Å². The molecule has 1 fully saturated rings. The van der Waals surface area contributed by atoms with E-state index in [1.165, 1.54) is 0 Å². The fraction of sp³-hybridized carbons (Fsp3) is 1.00. The van der Waals surface area contributed by atoms with E-state index in [9.17, 15) is 0 Å². The van der Waals surface area contributed by atoms with Gasteiger partial charge in [-0.25, -0.2) is 0 Å². The molecule has 0 radical (unpaired) electrons. The summed E-state index contributed by atoms with van der Waals surface area (Å²) in [5.41, 5.74) is 5.93. The molecule has 1 aliphatic heterocycles. The minimum Gasteiger partial charge on any atom is -0.329 e. The van der Waals surface area contributed by atoms with Crippen LogP contribution in [0.25, 0.3) is 0 Å². The van der Waals surface area contributed by atoms with Gasteiger partial charge in [0.1, 0.15) is 0 Å². The van der Waals surface area contributed by atoms with Gasteiger partial charge in [-0.2, -0.15) is 0 Å². The van der Waals surface area contributed by atoms with Gasteiger partial charge in [0.25, 0.3) is 0 Å². The van der Waals surface area contributed by atoms with Gasteiger partial charge < -0.3 is 10.6 Å². The number of piperazine rings is 1. The minimum atomic E-state index is 0.153. The maximum atomic E-state index is 5.78. The highest BCUT2D eigenvalue weighted by Gasteiger charge is 2.32. The fourth-order valence-corrected chi connectivity index (χ4v) is 2.16. The summed E-state index contributed by atoms with van der Waals surface area (Å²) in [5.74, 6) is 0. The number of rotatable bonds is 2. The first-order valence-corrected chi connectivity index (χ1v) is 5.13. The molecule has 1 atom stereocenters. The molecule has 1 aliphatic rings. The van der Waals surface area contributed by atoms with Crippen molar-refractivity contribution in [2.24, 2.45) is 5.73 Å². The van der Waals surface area contributed by atoms with E-state index in [0.717, 1.165) is 26.2 Å². The molecule has 1 heterocycles. The van der Waals surface area contributed by atoms with Crippen molar-refractivity contribution in [2.75, 3.05) is 33.2 Å². The SMILES string of the molecule is CC1CN(C)CCN1C(C)(C)CN. The van der Waals surface area contributed by atoms with Gasteiger partial charge in [-0.15, -0.1) is 0 Å². The Morgan fingerprint density at radius 3 is 2.46 bits per heavy atom. The van der Waals surface area contributed by atoms with Gasteiger partial charge >= 0.3 is 0 Å². The van der Waals surface area contributed by atoms with E-state index < -0.39 is 0 Å². The predicted molar refractivity (Wildman–Crippen MR) is 56.8 cm³/mol. The summed E-state index contributed by atoms with van der Waals surface area (Å²) in [6.07, 6.45) is 0. The standard InChI is InChI=1S/C10H23N3/c1-9-7-12(4)5-6-13(9)10(2,3)8-11/h9H,5-8,11H2,1-4H3. The van der Waals surface area contributed by atoms with E-state index in [4.69, 9.17) is 5.73 Å². The van der Waals surface area contributed by atoms with E-state index in [-0.39, 0.29) is 5.54 Å². The molecule has 78 valence electrons. The first-order valence-electron chi connectivity index (χ1n) is 5.13. The summed E-state index contributed by atoms with van der Waals surface area (Å²) in [6.45, 7) is 10.9. The molecular formula is C10H23N3. The Kier molecular flexibility index (Phi) is 3.33. The van der Waals surface area contributed by atoms with E-state index in [1.807, 2.05) is 0 Å². The lowest BCUT2D eigenvalue weighted by Crippen LogP contribution is -2.60. The van der Waals surface area contributed by atoms with Crippen LogP contribution in [0.4, 0.5) is 0 Å². The van der Waals surface area contributed by atoms with Crippen molar-refractivity contribution < 1.29 is 0 Å². The number of hydrogen-bond donors (Lipinski definition) is 1. The molecule has 1 unspecified atom stereocenters. The second-order valence-corrected chi connectivity index (χ2v) is 4.82. The first kappa shape index (κ1) is 11.0. The van der Waals surface area contributed by atoms with E-state index in [0.29, 0.717) is 6.04 Å². The van der Waals surface area contributed by atoms with Crippen LogP contribution in [0.5, 0.6) is 0 Å². The molecule has 0 aromatic carbocycles. The van der Waals surface area contributed by atoms with Crippen molar-refractivity contribution in [3.05, 3.63) is 0 Å². The van der Waals surface area contributed by atoms with Crippen LogP contribution < -0.4 is 5.73 Å². The van der Waals surface area contributed by atoms with Crippen molar-refractivity contribution in [1.29, 1.82) is 0 Å². The highest BCUT2D eigenvalue weighted by molar-refractivity contribution is 4.89. The Labute approximate surface area is 81.9 Å². The van der Waals surface area contributed by atoms with Crippen LogP contribution in [0.2, 0.25) is 0 Å². The maximum absolute atomic E-state index is 5.78. The molecule has 2 N–H and O–H groups in total. The summed E-state index contributed by atoms with van der Waals surface area (Å²) < 4.78 is 0. The van der Waals surface area contributed by atoms with Crippen LogP contribution in [0, 0.1) is 0 Å². The number of likely N-dealkylation sites (N-methyl/N-ethyl adjacent to an activating group) is 1. The average molecular weight is 185 g/mol. The van der Waals surface area contributed by atoms with Gasteiger partial charge in [0.2, 0.25) is 0 Å². The van der Waals surface area contributed by atoms with Gasteiger partial charge in [0.05, 0.1) is 0 Å². The molecule has 3 nitrogen and oxygen atoms in total. The zero-order chi connectivity index (χ0) is 10.1. The van der Waals surface area contributed by atoms with Gasteiger partial charge in [-0.05, 0) is 27.8 Å². The van der Waals surface area contributed by atoms with Crippen molar-refractivity contribution in [2.45, 2.75) is 32.4 Å². The van der Waals surface area contributed by atoms with E-state index >= 15 is 0 Å². The Hall–Kier alpha value is -0.120. The monoisotopic (exact) mass is 185 g/mol. The van der Waals surface area contributed by atoms with Gasteiger partial charge in [0, 0.05) is 37.8 Å². The lowest BCUT2D eigenvalue weighted by molar-refractivity contribution is 0.0225. The van der Waals surface area contributed by atoms with Gasteiger partial charge in [-0.1, -0.05) is 0 Å². The smallest absolute Gasteiger partial charge is 0.0279 e. The van der Waals surface area contributed by atoms with Crippen LogP contribution in [-0.4, -0.2) is 54.6 Å². The van der Waals surface area contributed by atoms with Crippen LogP contribution in [0.15, 0.2) is 0 Å². The average Bonchev–Trinajstić information content (AvgIpc) is 2.03. The number of nitrogens with zero attached hydrogens (tertiary/aromatic N) is 2. The van der Waals surface area contributed by atoms with Crippen LogP contribution in [-0.2, 0) is 0 Å². The fourth-order valence-electron chi connectivity index (χ4n) is 2.16. The predicted octanol–water partition coefficient (Wildman–Crippen LogP) is 0.360. The summed E-state index contributed by atoms with van der Waals surface area (Å²) in [6, 6.07) is 0.622. The second-order valence-electron chi connectivity index (χ2n) is 4.82. The highest BCUT2D eigenvalue weighted by atomic mass is 15.3. The number of nitrogens with two attached hydrogens (primary N) is 1. The van der Waals surface area contributed by atoms with E-state index in [1.54, 1.807) is 0 Å². The molecule has 1 rings (SSSR count). The molecule has 0 bridgehead atoms. The first-order chi connectivity index (χ1) is 5.97. The van der Waals surface area contributed by atoms with E-state index in [2.05, 4.69) is 37.6 Å². The molecule has 0 saturated carbocycles. The third kappa shape index (κ3) is 2.42. The van der Waals surface area contributed by atoms with Crippen LogP contribution >= 0.6 is 0 Å². The molecule has 13 heavy (non-hydrogen) atoms. The molecule has 0 amide bonds. The second kappa shape index (κ2) is 3.95. The Bertz CT molecular complexity index is 168. The normalized spacial score (nSPS) is 27.9. The highest BCUT2D eigenvalue weighted by Crippen LogP contribution is 2.19. The molecule has 0 aliphatic carbocycles. The molecule has 0 aromatic heterocycles. The summed E-state index contributed by atoms with van der Waals surface area (Å²) in [4.78, 5) is 4.90. The Morgan fingerprint density at radius 2 is 2.00 bits per heavy atom. The van der Waals surface area contributed by atoms with Crippen molar-refractivity contribution in [3.8, 4) is 0 Å². The molecule has 3 heteroatoms. The topological polar surface area (TPSA) is 32.5 Å².